The first-order valence-electron chi connectivity index (χ1n) is 9.46. The molecule has 0 radical (unpaired) electrons. The van der Waals surface area contributed by atoms with Gasteiger partial charge in [0.25, 0.3) is 0 Å². The number of hydrogen-bond acceptors (Lipinski definition) is 5. The number of benzene rings is 1. The van der Waals surface area contributed by atoms with Crippen LogP contribution in [0.5, 0.6) is 0 Å². The van der Waals surface area contributed by atoms with E-state index in [1.54, 1.807) is 24.3 Å². The molecule has 5 nitrogen and oxygen atoms in total. The molecule has 0 atom stereocenters. The number of likely N-dealkylation sites (tertiary alicyclic amines) is 1. The van der Waals surface area contributed by atoms with Gasteiger partial charge in [-0.1, -0.05) is 41.4 Å². The molecule has 0 spiro atoms. The fraction of sp³-hybridized carbons (Fsp3) is 0.350. The molecule has 1 fully saturated rings. The topological polar surface area (TPSA) is 46.8 Å². The Kier molecular flexibility index (Phi) is 6.70. The number of pyridine rings is 1. The summed E-state index contributed by atoms with van der Waals surface area (Å²) in [5.74, 6) is 1.20. The van der Waals surface area contributed by atoms with Crippen molar-refractivity contribution < 1.29 is 4.39 Å². The Morgan fingerprint density at radius 2 is 1.66 bits per heavy atom. The zero-order valence-corrected chi connectivity index (χ0v) is 18.0. The quantitative estimate of drug-likeness (QED) is 0.371. The number of aromatic nitrogens is 4. The van der Waals surface area contributed by atoms with Crippen molar-refractivity contribution >= 4 is 35.0 Å². The molecule has 0 saturated carbocycles. The largest absolute Gasteiger partial charge is 0.296 e. The van der Waals surface area contributed by atoms with E-state index in [9.17, 15) is 4.39 Å². The molecule has 4 rings (SSSR count). The van der Waals surface area contributed by atoms with Crippen molar-refractivity contribution in [1.29, 1.82) is 0 Å². The highest BCUT2D eigenvalue weighted by atomic mass is 35.5. The van der Waals surface area contributed by atoms with E-state index in [0.29, 0.717) is 16.1 Å². The molecular formula is C20H20Cl2FN5S. The lowest BCUT2D eigenvalue weighted by Crippen LogP contribution is -2.30. The SMILES string of the molecule is Fc1ccc(-n2c(CN3CCCCC3)nnc2SCc2cc(Cl)nc(Cl)c2)cc1. The normalized spacial score (nSPS) is 15.0. The summed E-state index contributed by atoms with van der Waals surface area (Å²) in [4.78, 5) is 6.37. The fourth-order valence-electron chi connectivity index (χ4n) is 3.41. The molecule has 29 heavy (non-hydrogen) atoms. The van der Waals surface area contributed by atoms with Crippen LogP contribution in [-0.4, -0.2) is 37.7 Å². The van der Waals surface area contributed by atoms with Gasteiger partial charge in [0.05, 0.1) is 6.54 Å². The van der Waals surface area contributed by atoms with E-state index in [-0.39, 0.29) is 5.82 Å². The number of rotatable bonds is 6. The van der Waals surface area contributed by atoms with Gasteiger partial charge in [-0.2, -0.15) is 0 Å². The summed E-state index contributed by atoms with van der Waals surface area (Å²) in [6.45, 7) is 2.84. The third-order valence-corrected chi connectivity index (χ3v) is 6.18. The van der Waals surface area contributed by atoms with Crippen molar-refractivity contribution in [3.05, 3.63) is 63.9 Å². The Labute approximate surface area is 183 Å². The van der Waals surface area contributed by atoms with Crippen molar-refractivity contribution in [2.45, 2.75) is 36.7 Å². The third kappa shape index (κ3) is 5.28. The Hall–Kier alpha value is -1.67. The van der Waals surface area contributed by atoms with Crippen molar-refractivity contribution in [1.82, 2.24) is 24.6 Å². The Balaban J connectivity index is 1.60. The van der Waals surface area contributed by atoms with Crippen LogP contribution in [0.4, 0.5) is 4.39 Å². The lowest BCUT2D eigenvalue weighted by Gasteiger charge is -2.26. The average molecular weight is 452 g/mol. The maximum Gasteiger partial charge on any atom is 0.196 e. The van der Waals surface area contributed by atoms with Crippen LogP contribution in [0.3, 0.4) is 0 Å². The van der Waals surface area contributed by atoms with Crippen LogP contribution in [0.2, 0.25) is 10.3 Å². The number of piperidine rings is 1. The van der Waals surface area contributed by atoms with Crippen molar-refractivity contribution in [3.8, 4) is 5.69 Å². The van der Waals surface area contributed by atoms with Gasteiger partial charge in [0, 0.05) is 11.4 Å². The maximum atomic E-state index is 13.5. The van der Waals surface area contributed by atoms with Crippen molar-refractivity contribution in [2.75, 3.05) is 13.1 Å². The van der Waals surface area contributed by atoms with Gasteiger partial charge < -0.3 is 0 Å². The van der Waals surface area contributed by atoms with Crippen LogP contribution >= 0.6 is 35.0 Å². The Bertz CT molecular complexity index is 953. The van der Waals surface area contributed by atoms with E-state index in [1.807, 2.05) is 4.57 Å². The van der Waals surface area contributed by atoms with Crippen molar-refractivity contribution in [2.24, 2.45) is 0 Å². The van der Waals surface area contributed by atoms with Gasteiger partial charge in [-0.3, -0.25) is 9.47 Å². The van der Waals surface area contributed by atoms with Gasteiger partial charge in [0.1, 0.15) is 16.1 Å². The van der Waals surface area contributed by atoms with E-state index >= 15 is 0 Å². The van der Waals surface area contributed by atoms with Gasteiger partial charge in [-0.05, 0) is 67.9 Å². The number of thioether (sulfide) groups is 1. The van der Waals surface area contributed by atoms with Crippen LogP contribution in [-0.2, 0) is 12.3 Å². The van der Waals surface area contributed by atoms with E-state index in [2.05, 4.69) is 20.1 Å². The summed E-state index contributed by atoms with van der Waals surface area (Å²) in [7, 11) is 0. The molecule has 3 aromatic rings. The lowest BCUT2D eigenvalue weighted by atomic mass is 10.1. The summed E-state index contributed by atoms with van der Waals surface area (Å²) in [5.41, 5.74) is 1.79. The molecule has 1 aliphatic heterocycles. The summed E-state index contributed by atoms with van der Waals surface area (Å²) in [6.07, 6.45) is 3.69. The predicted molar refractivity (Wildman–Crippen MR) is 114 cm³/mol. The molecule has 3 heterocycles. The molecule has 0 bridgehead atoms. The van der Waals surface area contributed by atoms with Crippen LogP contribution in [0.1, 0.15) is 30.7 Å². The first kappa shape index (κ1) is 20.6. The van der Waals surface area contributed by atoms with Gasteiger partial charge in [0.2, 0.25) is 0 Å². The lowest BCUT2D eigenvalue weighted by molar-refractivity contribution is 0.214. The van der Waals surface area contributed by atoms with Gasteiger partial charge in [0.15, 0.2) is 11.0 Å². The van der Waals surface area contributed by atoms with Crippen LogP contribution < -0.4 is 0 Å². The van der Waals surface area contributed by atoms with Gasteiger partial charge >= 0.3 is 0 Å². The molecular weight excluding hydrogens is 432 g/mol. The number of nitrogens with zero attached hydrogens (tertiary/aromatic N) is 5. The second-order valence-corrected chi connectivity index (χ2v) is 8.67. The van der Waals surface area contributed by atoms with Crippen LogP contribution in [0, 0.1) is 5.82 Å². The summed E-state index contributed by atoms with van der Waals surface area (Å²) in [6, 6.07) is 9.99. The third-order valence-electron chi connectivity index (χ3n) is 4.79. The molecule has 0 N–H and O–H groups in total. The minimum atomic E-state index is -0.269. The fourth-order valence-corrected chi connectivity index (χ4v) is 4.82. The second-order valence-electron chi connectivity index (χ2n) is 6.96. The number of halogens is 3. The highest BCUT2D eigenvalue weighted by Gasteiger charge is 2.19. The van der Waals surface area contributed by atoms with E-state index in [4.69, 9.17) is 23.2 Å². The average Bonchev–Trinajstić information content (AvgIpc) is 3.09. The first-order chi connectivity index (χ1) is 14.1. The minimum Gasteiger partial charge on any atom is -0.296 e. The molecule has 0 unspecified atom stereocenters. The predicted octanol–water partition coefficient (Wildman–Crippen LogP) is 5.39. The highest BCUT2D eigenvalue weighted by Crippen LogP contribution is 2.28. The van der Waals surface area contributed by atoms with E-state index in [0.717, 1.165) is 41.9 Å². The first-order valence-corrected chi connectivity index (χ1v) is 11.2. The number of hydrogen-bond donors (Lipinski definition) is 0. The summed E-state index contributed by atoms with van der Waals surface area (Å²) < 4.78 is 15.5. The zero-order valence-electron chi connectivity index (χ0n) is 15.7. The standard InChI is InChI=1S/C20H20Cl2FN5S/c21-17-10-14(11-18(22)24-17)13-29-20-26-25-19(12-27-8-2-1-3-9-27)28(20)16-6-4-15(23)5-7-16/h4-7,10-11H,1-3,8-9,12-13H2. The molecule has 9 heteroatoms. The molecule has 1 aromatic carbocycles. The van der Waals surface area contributed by atoms with Crippen LogP contribution in [0.25, 0.3) is 5.69 Å². The maximum absolute atomic E-state index is 13.5. The monoisotopic (exact) mass is 451 g/mol. The Morgan fingerprint density at radius 3 is 2.34 bits per heavy atom. The molecule has 0 amide bonds. The Morgan fingerprint density at radius 1 is 0.966 bits per heavy atom. The molecule has 152 valence electrons. The molecule has 0 aliphatic carbocycles. The van der Waals surface area contributed by atoms with Crippen LogP contribution in [0.15, 0.2) is 41.6 Å². The zero-order chi connectivity index (χ0) is 20.2. The molecule has 1 saturated heterocycles. The van der Waals surface area contributed by atoms with Gasteiger partial charge in [-0.15, -0.1) is 10.2 Å². The van der Waals surface area contributed by atoms with E-state index < -0.39 is 0 Å². The van der Waals surface area contributed by atoms with Crippen molar-refractivity contribution in [3.63, 3.8) is 0 Å². The summed E-state index contributed by atoms with van der Waals surface area (Å²) in [5, 5.41) is 10.3. The molecule has 1 aliphatic rings. The highest BCUT2D eigenvalue weighted by molar-refractivity contribution is 7.98. The summed E-state index contributed by atoms with van der Waals surface area (Å²) >= 11 is 13.5. The van der Waals surface area contributed by atoms with Gasteiger partial charge in [-0.25, -0.2) is 9.37 Å². The molecule has 2 aromatic heterocycles. The van der Waals surface area contributed by atoms with E-state index in [1.165, 1.54) is 43.2 Å². The second kappa shape index (κ2) is 9.43. The smallest absolute Gasteiger partial charge is 0.196 e. The minimum absolute atomic E-state index is 0.269.